The maximum absolute atomic E-state index is 12.6. The normalized spacial score (nSPS) is 15.5. The molecule has 0 aliphatic carbocycles. The monoisotopic (exact) mass is 337 g/mol. The molecule has 0 aromatic heterocycles. The Morgan fingerprint density at radius 3 is 2.48 bits per heavy atom. The topological polar surface area (TPSA) is 45.1 Å². The molecule has 0 N–H and O–H groups in total. The van der Waals surface area contributed by atoms with Crippen molar-refractivity contribution in [1.82, 2.24) is 9.91 Å². The average molecular weight is 337 g/mol. The largest absolute Gasteiger partial charge is 0.496 e. The van der Waals surface area contributed by atoms with E-state index < -0.39 is 0 Å². The highest BCUT2D eigenvalue weighted by molar-refractivity contribution is 6.11. The van der Waals surface area contributed by atoms with Gasteiger partial charge in [0.15, 0.2) is 5.78 Å². The molecule has 2 aromatic rings. The molecule has 0 spiro atoms. The van der Waals surface area contributed by atoms with E-state index in [-0.39, 0.29) is 5.78 Å². The van der Waals surface area contributed by atoms with Crippen LogP contribution in [0.2, 0.25) is 0 Å². The van der Waals surface area contributed by atoms with Gasteiger partial charge in [-0.3, -0.25) is 9.80 Å². The van der Waals surface area contributed by atoms with E-state index in [2.05, 4.69) is 22.1 Å². The maximum atomic E-state index is 12.6. The molecule has 0 saturated carbocycles. The lowest BCUT2D eigenvalue weighted by atomic mass is 10.0. The fraction of sp³-hybridized carbons (Fsp3) is 0.300. The Morgan fingerprint density at radius 1 is 1.08 bits per heavy atom. The molecule has 130 valence electrons. The molecule has 1 fully saturated rings. The van der Waals surface area contributed by atoms with Crippen LogP contribution in [0.1, 0.15) is 21.5 Å². The molecule has 2 aromatic carbocycles. The number of carbonyl (C=O) groups is 1. The Bertz CT molecular complexity index is 751. The molecule has 3 rings (SSSR count). The third-order valence-corrected chi connectivity index (χ3v) is 4.36. The van der Waals surface area contributed by atoms with Crippen molar-refractivity contribution < 1.29 is 9.53 Å². The molecule has 1 heterocycles. The first-order chi connectivity index (χ1) is 12.2. The van der Waals surface area contributed by atoms with E-state index in [1.54, 1.807) is 13.2 Å². The number of hydrogen-bond acceptors (Lipinski definition) is 5. The van der Waals surface area contributed by atoms with Gasteiger partial charge in [-0.15, -0.1) is 0 Å². The maximum Gasteiger partial charge on any atom is 0.196 e. The molecular formula is C20H23N3O2. The van der Waals surface area contributed by atoms with Crippen LogP contribution in [0.15, 0.2) is 53.6 Å². The molecule has 0 amide bonds. The third kappa shape index (κ3) is 4.25. The lowest BCUT2D eigenvalue weighted by Gasteiger charge is -2.30. The first-order valence-electron chi connectivity index (χ1n) is 8.42. The first kappa shape index (κ1) is 17.2. The van der Waals surface area contributed by atoms with Crippen LogP contribution >= 0.6 is 0 Å². The highest BCUT2D eigenvalue weighted by atomic mass is 16.5. The Hall–Kier alpha value is -2.66. The highest BCUT2D eigenvalue weighted by Gasteiger charge is 2.15. The predicted molar refractivity (Wildman–Crippen MR) is 99.5 cm³/mol. The van der Waals surface area contributed by atoms with Crippen molar-refractivity contribution in [2.24, 2.45) is 5.10 Å². The zero-order valence-electron chi connectivity index (χ0n) is 14.7. The van der Waals surface area contributed by atoms with E-state index in [4.69, 9.17) is 4.74 Å². The number of nitrogens with zero attached hydrogens (tertiary/aromatic N) is 3. The van der Waals surface area contributed by atoms with E-state index >= 15 is 0 Å². The van der Waals surface area contributed by atoms with Gasteiger partial charge in [0.05, 0.1) is 18.9 Å². The van der Waals surface area contributed by atoms with Crippen molar-refractivity contribution in [2.45, 2.75) is 0 Å². The minimum Gasteiger partial charge on any atom is -0.496 e. The molecule has 1 aliphatic heterocycles. The molecular weight excluding hydrogens is 314 g/mol. The second-order valence-electron chi connectivity index (χ2n) is 6.16. The van der Waals surface area contributed by atoms with Crippen LogP contribution in [0.5, 0.6) is 5.75 Å². The van der Waals surface area contributed by atoms with Crippen molar-refractivity contribution in [2.75, 3.05) is 40.3 Å². The second-order valence-corrected chi connectivity index (χ2v) is 6.16. The van der Waals surface area contributed by atoms with E-state index in [9.17, 15) is 4.79 Å². The minimum absolute atomic E-state index is 0.0417. The Balaban J connectivity index is 1.77. The van der Waals surface area contributed by atoms with E-state index in [1.807, 2.05) is 48.7 Å². The van der Waals surface area contributed by atoms with Gasteiger partial charge in [-0.05, 0) is 24.7 Å². The van der Waals surface area contributed by atoms with Crippen molar-refractivity contribution in [1.29, 1.82) is 0 Å². The van der Waals surface area contributed by atoms with Gasteiger partial charge in [-0.2, -0.15) is 5.10 Å². The number of piperazine rings is 1. The summed E-state index contributed by atoms with van der Waals surface area (Å²) >= 11 is 0. The third-order valence-electron chi connectivity index (χ3n) is 4.36. The summed E-state index contributed by atoms with van der Waals surface area (Å²) in [4.78, 5) is 14.9. The summed E-state index contributed by atoms with van der Waals surface area (Å²) in [6, 6.07) is 14.8. The second kappa shape index (κ2) is 7.94. The number of rotatable bonds is 5. The molecule has 1 aliphatic rings. The Labute approximate surface area is 148 Å². The lowest BCUT2D eigenvalue weighted by Crippen LogP contribution is -2.41. The van der Waals surface area contributed by atoms with Crippen LogP contribution in [-0.2, 0) is 0 Å². The lowest BCUT2D eigenvalue weighted by molar-refractivity contribution is 0.103. The summed E-state index contributed by atoms with van der Waals surface area (Å²) in [5.74, 6) is 0.524. The number of ether oxygens (including phenoxy) is 1. The minimum atomic E-state index is -0.0417. The van der Waals surface area contributed by atoms with E-state index in [0.29, 0.717) is 16.9 Å². The zero-order chi connectivity index (χ0) is 17.6. The van der Waals surface area contributed by atoms with Crippen LogP contribution in [-0.4, -0.2) is 62.2 Å². The number of hydrazone groups is 1. The average Bonchev–Trinajstić information content (AvgIpc) is 2.67. The highest BCUT2D eigenvalue weighted by Crippen LogP contribution is 2.23. The summed E-state index contributed by atoms with van der Waals surface area (Å²) in [6.07, 6.45) is 1.82. The molecule has 25 heavy (non-hydrogen) atoms. The Morgan fingerprint density at radius 2 is 1.80 bits per heavy atom. The predicted octanol–water partition coefficient (Wildman–Crippen LogP) is 2.51. The fourth-order valence-corrected chi connectivity index (χ4v) is 2.78. The van der Waals surface area contributed by atoms with Gasteiger partial charge >= 0.3 is 0 Å². The molecule has 0 atom stereocenters. The first-order valence-corrected chi connectivity index (χ1v) is 8.42. The van der Waals surface area contributed by atoms with Crippen molar-refractivity contribution in [3.05, 3.63) is 65.2 Å². The molecule has 0 unspecified atom stereocenters. The zero-order valence-corrected chi connectivity index (χ0v) is 14.7. The number of benzene rings is 2. The number of carbonyl (C=O) groups excluding carboxylic acids is 1. The van der Waals surface area contributed by atoms with Crippen molar-refractivity contribution in [3.63, 3.8) is 0 Å². The van der Waals surface area contributed by atoms with E-state index in [0.717, 1.165) is 31.7 Å². The quantitative estimate of drug-likeness (QED) is 0.621. The van der Waals surface area contributed by atoms with Crippen LogP contribution < -0.4 is 4.74 Å². The summed E-state index contributed by atoms with van der Waals surface area (Å²) in [7, 11) is 3.70. The van der Waals surface area contributed by atoms with Crippen molar-refractivity contribution >= 4 is 12.0 Å². The van der Waals surface area contributed by atoms with Gasteiger partial charge in [-0.25, -0.2) is 0 Å². The van der Waals surface area contributed by atoms with Gasteiger partial charge in [0.1, 0.15) is 5.75 Å². The number of likely N-dealkylation sites (N-methyl/N-ethyl adjacent to an activating group) is 1. The smallest absolute Gasteiger partial charge is 0.196 e. The van der Waals surface area contributed by atoms with Crippen LogP contribution in [0.4, 0.5) is 0 Å². The van der Waals surface area contributed by atoms with E-state index in [1.165, 1.54) is 0 Å². The molecule has 0 radical (unpaired) electrons. The number of ketones is 1. The number of methoxy groups -OCH3 is 1. The van der Waals surface area contributed by atoms with Gasteiger partial charge < -0.3 is 9.64 Å². The van der Waals surface area contributed by atoms with Gasteiger partial charge in [-0.1, -0.05) is 36.4 Å². The summed E-state index contributed by atoms with van der Waals surface area (Å²) in [5.41, 5.74) is 2.13. The van der Waals surface area contributed by atoms with Crippen LogP contribution in [0.25, 0.3) is 0 Å². The molecule has 0 bridgehead atoms. The summed E-state index contributed by atoms with van der Waals surface area (Å²) in [5, 5.41) is 6.60. The molecule has 5 heteroatoms. The van der Waals surface area contributed by atoms with Gasteiger partial charge in [0.2, 0.25) is 0 Å². The summed E-state index contributed by atoms with van der Waals surface area (Å²) < 4.78 is 5.43. The number of hydrogen-bond donors (Lipinski definition) is 0. The van der Waals surface area contributed by atoms with Gasteiger partial charge in [0, 0.05) is 31.7 Å². The van der Waals surface area contributed by atoms with Crippen molar-refractivity contribution in [3.8, 4) is 5.75 Å². The van der Waals surface area contributed by atoms with Crippen LogP contribution in [0.3, 0.4) is 0 Å². The Kier molecular flexibility index (Phi) is 5.46. The molecule has 1 saturated heterocycles. The van der Waals surface area contributed by atoms with Gasteiger partial charge in [0.25, 0.3) is 0 Å². The standard InChI is InChI=1S/C20H23N3O2/c1-22-10-12-23(13-11-22)21-15-16-8-9-18(19(14-16)25-2)20(24)17-6-4-3-5-7-17/h3-9,14-15H,10-13H2,1-2H3/b21-15+. The van der Waals surface area contributed by atoms with Crippen LogP contribution in [0, 0.1) is 0 Å². The fourth-order valence-electron chi connectivity index (χ4n) is 2.78. The molecule has 5 nitrogen and oxygen atoms in total. The summed E-state index contributed by atoms with van der Waals surface area (Å²) in [6.45, 7) is 3.89. The SMILES string of the molecule is COc1cc(/C=N/N2CCN(C)CC2)ccc1C(=O)c1ccccc1.